The summed E-state index contributed by atoms with van der Waals surface area (Å²) >= 11 is 0. The van der Waals surface area contributed by atoms with Crippen LogP contribution in [-0.4, -0.2) is 61.5 Å². The molecule has 1 heterocycles. The van der Waals surface area contributed by atoms with Crippen molar-refractivity contribution in [3.63, 3.8) is 0 Å². The van der Waals surface area contributed by atoms with Crippen molar-refractivity contribution in [2.24, 2.45) is 5.73 Å². The van der Waals surface area contributed by atoms with Gasteiger partial charge in [0.05, 0.1) is 0 Å². The van der Waals surface area contributed by atoms with Gasteiger partial charge < -0.3 is 20.9 Å². The van der Waals surface area contributed by atoms with Gasteiger partial charge in [-0.05, 0) is 12.8 Å². The molecule has 17 heavy (non-hydrogen) atoms. The first-order valence-electron chi connectivity index (χ1n) is 5.98. The Morgan fingerprint density at radius 1 is 1.35 bits per heavy atom. The minimum absolute atomic E-state index is 0.0700. The second-order valence-corrected chi connectivity index (χ2v) is 4.61. The number of nitrogens with one attached hydrogen (secondary N) is 1. The van der Waals surface area contributed by atoms with E-state index < -0.39 is 0 Å². The second-order valence-electron chi connectivity index (χ2n) is 4.61. The maximum absolute atomic E-state index is 11.7. The van der Waals surface area contributed by atoms with Gasteiger partial charge in [0.2, 0.25) is 5.91 Å². The number of carbonyl (C=O) groups is 2. The summed E-state index contributed by atoms with van der Waals surface area (Å²) in [6.45, 7) is 2.16. The normalized spacial score (nSPS) is 16.9. The molecule has 1 aliphatic heterocycles. The Morgan fingerprint density at radius 2 is 1.94 bits per heavy atom. The SMILES string of the molecule is CN(C)C(=O)N1CCC(NCCC(N)=O)CC1. The van der Waals surface area contributed by atoms with Gasteiger partial charge in [0, 0.05) is 46.2 Å². The van der Waals surface area contributed by atoms with E-state index in [4.69, 9.17) is 5.73 Å². The number of likely N-dealkylation sites (tertiary alicyclic amines) is 1. The Morgan fingerprint density at radius 3 is 2.41 bits per heavy atom. The van der Waals surface area contributed by atoms with Crippen molar-refractivity contribution in [2.75, 3.05) is 33.7 Å². The highest BCUT2D eigenvalue weighted by Gasteiger charge is 2.23. The molecule has 0 aromatic rings. The molecule has 6 heteroatoms. The molecule has 0 saturated carbocycles. The first-order chi connectivity index (χ1) is 8.00. The summed E-state index contributed by atoms with van der Waals surface area (Å²) in [5.74, 6) is -0.280. The Balaban J connectivity index is 2.21. The molecule has 3 amide bonds. The number of piperidine rings is 1. The Labute approximate surface area is 102 Å². The molecule has 0 aromatic heterocycles. The van der Waals surface area contributed by atoms with Crippen LogP contribution in [0, 0.1) is 0 Å². The summed E-state index contributed by atoms with van der Waals surface area (Å²) in [5.41, 5.74) is 5.07. The van der Waals surface area contributed by atoms with Gasteiger partial charge in [-0.2, -0.15) is 0 Å². The van der Waals surface area contributed by atoms with Gasteiger partial charge in [0.1, 0.15) is 0 Å². The van der Waals surface area contributed by atoms with Crippen molar-refractivity contribution < 1.29 is 9.59 Å². The van der Waals surface area contributed by atoms with Crippen LogP contribution in [-0.2, 0) is 4.79 Å². The molecule has 6 nitrogen and oxygen atoms in total. The van der Waals surface area contributed by atoms with Gasteiger partial charge >= 0.3 is 6.03 Å². The lowest BCUT2D eigenvalue weighted by atomic mass is 10.1. The van der Waals surface area contributed by atoms with Crippen molar-refractivity contribution in [3.8, 4) is 0 Å². The predicted molar refractivity (Wildman–Crippen MR) is 65.5 cm³/mol. The van der Waals surface area contributed by atoms with Crippen molar-refractivity contribution in [3.05, 3.63) is 0 Å². The van der Waals surface area contributed by atoms with Gasteiger partial charge in [0.15, 0.2) is 0 Å². The highest BCUT2D eigenvalue weighted by molar-refractivity contribution is 5.74. The van der Waals surface area contributed by atoms with Gasteiger partial charge in [-0.25, -0.2) is 4.79 Å². The average Bonchev–Trinajstić information content (AvgIpc) is 2.28. The van der Waals surface area contributed by atoms with Crippen LogP contribution in [0.1, 0.15) is 19.3 Å². The average molecular weight is 242 g/mol. The maximum Gasteiger partial charge on any atom is 0.319 e. The fourth-order valence-corrected chi connectivity index (χ4v) is 1.96. The van der Waals surface area contributed by atoms with Crippen LogP contribution in [0.15, 0.2) is 0 Å². The number of nitrogens with two attached hydrogens (primary N) is 1. The van der Waals surface area contributed by atoms with E-state index in [0.29, 0.717) is 19.0 Å². The number of hydrogen-bond acceptors (Lipinski definition) is 3. The maximum atomic E-state index is 11.7. The molecule has 0 bridgehead atoms. The number of nitrogens with zero attached hydrogens (tertiary/aromatic N) is 2. The number of rotatable bonds is 4. The summed E-state index contributed by atoms with van der Waals surface area (Å²) < 4.78 is 0. The van der Waals surface area contributed by atoms with E-state index in [1.165, 1.54) is 0 Å². The summed E-state index contributed by atoms with van der Waals surface area (Å²) in [6.07, 6.45) is 2.23. The number of urea groups is 1. The van der Waals surface area contributed by atoms with E-state index in [0.717, 1.165) is 25.9 Å². The molecule has 0 aromatic carbocycles. The van der Waals surface area contributed by atoms with Crippen LogP contribution < -0.4 is 11.1 Å². The van der Waals surface area contributed by atoms with Gasteiger partial charge in [-0.3, -0.25) is 4.79 Å². The molecule has 3 N–H and O–H groups in total. The smallest absolute Gasteiger partial charge is 0.319 e. The van der Waals surface area contributed by atoms with Crippen molar-refractivity contribution in [1.29, 1.82) is 0 Å². The van der Waals surface area contributed by atoms with Crippen LogP contribution in [0.2, 0.25) is 0 Å². The third kappa shape index (κ3) is 4.60. The van der Waals surface area contributed by atoms with Crippen LogP contribution >= 0.6 is 0 Å². The van der Waals surface area contributed by atoms with Crippen molar-refractivity contribution >= 4 is 11.9 Å². The molecule has 0 unspecified atom stereocenters. The van der Waals surface area contributed by atoms with Crippen LogP contribution in [0.3, 0.4) is 0 Å². The molecule has 1 fully saturated rings. The van der Waals surface area contributed by atoms with E-state index in [-0.39, 0.29) is 11.9 Å². The minimum atomic E-state index is -0.280. The highest BCUT2D eigenvalue weighted by Crippen LogP contribution is 2.11. The standard InChI is InChI=1S/C11H22N4O2/c1-14(2)11(17)15-7-4-9(5-8-15)13-6-3-10(12)16/h9,13H,3-8H2,1-2H3,(H2,12,16). The number of amides is 3. The number of carbonyl (C=O) groups excluding carboxylic acids is 2. The molecular weight excluding hydrogens is 220 g/mol. The summed E-state index contributed by atoms with van der Waals surface area (Å²) in [5, 5.41) is 3.29. The molecule has 98 valence electrons. The highest BCUT2D eigenvalue weighted by atomic mass is 16.2. The summed E-state index contributed by atoms with van der Waals surface area (Å²) in [6, 6.07) is 0.459. The first kappa shape index (κ1) is 13.8. The molecule has 0 spiro atoms. The quantitative estimate of drug-likeness (QED) is 0.704. The monoisotopic (exact) mass is 242 g/mol. The van der Waals surface area contributed by atoms with E-state index in [9.17, 15) is 9.59 Å². The zero-order valence-electron chi connectivity index (χ0n) is 10.6. The number of hydrogen-bond donors (Lipinski definition) is 2. The molecule has 0 atom stereocenters. The zero-order chi connectivity index (χ0) is 12.8. The summed E-state index contributed by atoms with van der Waals surface area (Å²) in [7, 11) is 3.53. The number of primary amides is 1. The van der Waals surface area contributed by atoms with Gasteiger partial charge in [-0.1, -0.05) is 0 Å². The van der Waals surface area contributed by atoms with Crippen LogP contribution in [0.25, 0.3) is 0 Å². The Kier molecular flexibility index (Phi) is 5.21. The Hall–Kier alpha value is -1.30. The molecule has 0 aliphatic carbocycles. The fourth-order valence-electron chi connectivity index (χ4n) is 1.96. The third-order valence-corrected chi connectivity index (χ3v) is 2.95. The largest absolute Gasteiger partial charge is 0.370 e. The van der Waals surface area contributed by atoms with Crippen LogP contribution in [0.4, 0.5) is 4.79 Å². The molecule has 1 saturated heterocycles. The van der Waals surface area contributed by atoms with E-state index >= 15 is 0 Å². The minimum Gasteiger partial charge on any atom is -0.370 e. The molecule has 1 rings (SSSR count). The van der Waals surface area contributed by atoms with Crippen molar-refractivity contribution in [1.82, 2.24) is 15.1 Å². The van der Waals surface area contributed by atoms with E-state index in [2.05, 4.69) is 5.32 Å². The Bertz CT molecular complexity index is 273. The lowest BCUT2D eigenvalue weighted by molar-refractivity contribution is -0.117. The lowest BCUT2D eigenvalue weighted by Gasteiger charge is -2.34. The molecular formula is C11H22N4O2. The van der Waals surface area contributed by atoms with Gasteiger partial charge in [-0.15, -0.1) is 0 Å². The zero-order valence-corrected chi connectivity index (χ0v) is 10.6. The molecule has 1 aliphatic rings. The van der Waals surface area contributed by atoms with Crippen molar-refractivity contribution in [2.45, 2.75) is 25.3 Å². The molecule has 0 radical (unpaired) electrons. The summed E-state index contributed by atoms with van der Waals surface area (Å²) in [4.78, 5) is 25.7. The van der Waals surface area contributed by atoms with Crippen LogP contribution in [0.5, 0.6) is 0 Å². The van der Waals surface area contributed by atoms with Gasteiger partial charge in [0.25, 0.3) is 0 Å². The van der Waals surface area contributed by atoms with E-state index in [1.807, 2.05) is 4.90 Å². The topological polar surface area (TPSA) is 78.7 Å². The fraction of sp³-hybridized carbons (Fsp3) is 0.818. The van der Waals surface area contributed by atoms with E-state index in [1.54, 1.807) is 19.0 Å². The second kappa shape index (κ2) is 6.44. The third-order valence-electron chi connectivity index (χ3n) is 2.95. The lowest BCUT2D eigenvalue weighted by Crippen LogP contribution is -2.48. The first-order valence-corrected chi connectivity index (χ1v) is 5.98. The predicted octanol–water partition coefficient (Wildman–Crippen LogP) is -0.403.